The fourth-order valence-corrected chi connectivity index (χ4v) is 1.83. The Kier molecular flexibility index (Phi) is 4.68. The van der Waals surface area contributed by atoms with Crippen molar-refractivity contribution in [3.8, 4) is 5.75 Å². The number of rotatable bonds is 3. The largest absolute Gasteiger partial charge is 0.423 e. The molecule has 1 amide bonds. The maximum atomic E-state index is 12.6. The van der Waals surface area contributed by atoms with Crippen molar-refractivity contribution in [2.24, 2.45) is 0 Å². The zero-order chi connectivity index (χ0) is 17.0. The SMILES string of the molecule is CC(=O)Nc1cccc(OC(=O)c2cccc(C(F)(F)F)c2)c1. The van der Waals surface area contributed by atoms with E-state index in [1.54, 1.807) is 12.1 Å². The molecule has 0 aliphatic heterocycles. The van der Waals surface area contributed by atoms with Crippen LogP contribution < -0.4 is 10.1 Å². The fourth-order valence-electron chi connectivity index (χ4n) is 1.83. The van der Waals surface area contributed by atoms with E-state index in [0.717, 1.165) is 18.2 Å². The predicted octanol–water partition coefficient (Wildman–Crippen LogP) is 3.88. The molecule has 0 unspecified atom stereocenters. The van der Waals surface area contributed by atoms with Crippen LogP contribution in [-0.4, -0.2) is 11.9 Å². The smallest absolute Gasteiger partial charge is 0.416 e. The molecule has 1 N–H and O–H groups in total. The molecule has 0 aliphatic rings. The van der Waals surface area contributed by atoms with Crippen LogP contribution in [0.4, 0.5) is 18.9 Å². The van der Waals surface area contributed by atoms with Gasteiger partial charge in [-0.3, -0.25) is 4.79 Å². The molecule has 0 bridgehead atoms. The van der Waals surface area contributed by atoms with Crippen LogP contribution in [0.2, 0.25) is 0 Å². The van der Waals surface area contributed by atoms with Gasteiger partial charge in [-0.05, 0) is 30.3 Å². The molecule has 0 aromatic heterocycles. The van der Waals surface area contributed by atoms with E-state index in [2.05, 4.69) is 5.32 Å². The zero-order valence-electron chi connectivity index (χ0n) is 12.0. The second-order valence-electron chi connectivity index (χ2n) is 4.68. The van der Waals surface area contributed by atoms with Gasteiger partial charge in [-0.1, -0.05) is 12.1 Å². The van der Waals surface area contributed by atoms with Crippen LogP contribution >= 0.6 is 0 Å². The predicted molar refractivity (Wildman–Crippen MR) is 77.1 cm³/mol. The molecule has 2 rings (SSSR count). The van der Waals surface area contributed by atoms with E-state index >= 15 is 0 Å². The van der Waals surface area contributed by atoms with Gasteiger partial charge >= 0.3 is 12.1 Å². The van der Waals surface area contributed by atoms with Crippen LogP contribution in [0, 0.1) is 0 Å². The summed E-state index contributed by atoms with van der Waals surface area (Å²) in [5.74, 6) is -1.11. The molecule has 2 aromatic rings. The second kappa shape index (κ2) is 6.51. The summed E-state index contributed by atoms with van der Waals surface area (Å²) in [6, 6.07) is 9.93. The van der Waals surface area contributed by atoms with Gasteiger partial charge in [0.25, 0.3) is 0 Å². The van der Waals surface area contributed by atoms with E-state index in [9.17, 15) is 22.8 Å². The highest BCUT2D eigenvalue weighted by Gasteiger charge is 2.31. The van der Waals surface area contributed by atoms with Gasteiger partial charge in [0.05, 0.1) is 11.1 Å². The van der Waals surface area contributed by atoms with E-state index < -0.39 is 17.7 Å². The lowest BCUT2D eigenvalue weighted by atomic mass is 10.1. The molecule has 0 atom stereocenters. The van der Waals surface area contributed by atoms with Gasteiger partial charge in [-0.25, -0.2) is 4.79 Å². The van der Waals surface area contributed by atoms with Crippen LogP contribution in [0.5, 0.6) is 5.75 Å². The van der Waals surface area contributed by atoms with Crippen molar-refractivity contribution in [1.82, 2.24) is 0 Å². The molecule has 0 heterocycles. The lowest BCUT2D eigenvalue weighted by Crippen LogP contribution is -2.12. The van der Waals surface area contributed by atoms with Crippen molar-refractivity contribution in [3.63, 3.8) is 0 Å². The monoisotopic (exact) mass is 323 g/mol. The zero-order valence-corrected chi connectivity index (χ0v) is 12.0. The summed E-state index contributed by atoms with van der Waals surface area (Å²) in [6.45, 7) is 1.32. The number of esters is 1. The minimum absolute atomic E-state index is 0.110. The first-order chi connectivity index (χ1) is 10.8. The van der Waals surface area contributed by atoms with Crippen LogP contribution in [0.1, 0.15) is 22.8 Å². The van der Waals surface area contributed by atoms with E-state index in [0.29, 0.717) is 5.69 Å². The van der Waals surface area contributed by atoms with E-state index in [4.69, 9.17) is 4.74 Å². The Morgan fingerprint density at radius 1 is 1.04 bits per heavy atom. The number of hydrogen-bond acceptors (Lipinski definition) is 3. The number of nitrogens with one attached hydrogen (secondary N) is 1. The Morgan fingerprint density at radius 3 is 2.39 bits per heavy atom. The van der Waals surface area contributed by atoms with Crippen molar-refractivity contribution in [1.29, 1.82) is 0 Å². The summed E-state index contributed by atoms with van der Waals surface area (Å²) in [6.07, 6.45) is -4.54. The Morgan fingerprint density at radius 2 is 1.74 bits per heavy atom. The summed E-state index contributed by atoms with van der Waals surface area (Å²) >= 11 is 0. The van der Waals surface area contributed by atoms with Gasteiger partial charge in [0.1, 0.15) is 5.75 Å². The van der Waals surface area contributed by atoms with Crippen LogP contribution in [0.15, 0.2) is 48.5 Å². The average molecular weight is 323 g/mol. The number of alkyl halides is 3. The van der Waals surface area contributed by atoms with Crippen molar-refractivity contribution in [3.05, 3.63) is 59.7 Å². The van der Waals surface area contributed by atoms with Crippen LogP contribution in [0.25, 0.3) is 0 Å². The van der Waals surface area contributed by atoms with Crippen molar-refractivity contribution in [2.45, 2.75) is 13.1 Å². The molecule has 0 fully saturated rings. The van der Waals surface area contributed by atoms with Gasteiger partial charge in [0.15, 0.2) is 0 Å². The Balaban J connectivity index is 2.18. The number of carbonyl (C=O) groups excluding carboxylic acids is 2. The molecule has 0 saturated carbocycles. The first-order valence-corrected chi connectivity index (χ1v) is 6.53. The third-order valence-corrected chi connectivity index (χ3v) is 2.79. The molecule has 7 heteroatoms. The molecule has 2 aromatic carbocycles. The van der Waals surface area contributed by atoms with Crippen molar-refractivity contribution in [2.75, 3.05) is 5.32 Å². The number of hydrogen-bond donors (Lipinski definition) is 1. The summed E-state index contributed by atoms with van der Waals surface area (Å²) in [5.41, 5.74) is -0.740. The molecule has 0 aliphatic carbocycles. The summed E-state index contributed by atoms with van der Waals surface area (Å²) in [5, 5.41) is 2.51. The van der Waals surface area contributed by atoms with Gasteiger partial charge in [0.2, 0.25) is 5.91 Å². The summed E-state index contributed by atoms with van der Waals surface area (Å²) in [7, 11) is 0. The van der Waals surface area contributed by atoms with E-state index in [-0.39, 0.29) is 17.2 Å². The van der Waals surface area contributed by atoms with Crippen molar-refractivity contribution >= 4 is 17.6 Å². The molecule has 120 valence electrons. The summed E-state index contributed by atoms with van der Waals surface area (Å²) < 4.78 is 43.0. The summed E-state index contributed by atoms with van der Waals surface area (Å²) in [4.78, 5) is 22.9. The normalized spacial score (nSPS) is 11.0. The number of benzene rings is 2. The quantitative estimate of drug-likeness (QED) is 0.689. The molecule has 4 nitrogen and oxygen atoms in total. The second-order valence-corrected chi connectivity index (χ2v) is 4.68. The molecule has 0 spiro atoms. The first kappa shape index (κ1) is 16.5. The highest BCUT2D eigenvalue weighted by molar-refractivity contribution is 5.92. The molecule has 23 heavy (non-hydrogen) atoms. The Labute approximate surface area is 129 Å². The van der Waals surface area contributed by atoms with Gasteiger partial charge in [0, 0.05) is 18.7 Å². The van der Waals surface area contributed by atoms with Gasteiger partial charge in [-0.2, -0.15) is 13.2 Å². The van der Waals surface area contributed by atoms with Gasteiger partial charge < -0.3 is 10.1 Å². The number of halogens is 3. The standard InChI is InChI=1S/C16H12F3NO3/c1-10(21)20-13-6-3-7-14(9-13)23-15(22)11-4-2-5-12(8-11)16(17,18)19/h2-9H,1H3,(H,20,21). The number of carbonyl (C=O) groups is 2. The third-order valence-electron chi connectivity index (χ3n) is 2.79. The van der Waals surface area contributed by atoms with Crippen molar-refractivity contribution < 1.29 is 27.5 Å². The van der Waals surface area contributed by atoms with Gasteiger partial charge in [-0.15, -0.1) is 0 Å². The first-order valence-electron chi connectivity index (χ1n) is 6.53. The maximum Gasteiger partial charge on any atom is 0.416 e. The maximum absolute atomic E-state index is 12.6. The van der Waals surface area contributed by atoms with Crippen LogP contribution in [-0.2, 0) is 11.0 Å². The van der Waals surface area contributed by atoms with Crippen LogP contribution in [0.3, 0.4) is 0 Å². The van der Waals surface area contributed by atoms with E-state index in [1.807, 2.05) is 0 Å². The van der Waals surface area contributed by atoms with E-state index in [1.165, 1.54) is 25.1 Å². The third kappa shape index (κ3) is 4.57. The molecule has 0 radical (unpaired) electrons. The minimum Gasteiger partial charge on any atom is -0.423 e. The Bertz CT molecular complexity index is 741. The average Bonchev–Trinajstić information content (AvgIpc) is 2.46. The number of anilines is 1. The fraction of sp³-hybridized carbons (Fsp3) is 0.125. The molecule has 0 saturated heterocycles. The minimum atomic E-state index is -4.54. The molecular weight excluding hydrogens is 311 g/mol. The topological polar surface area (TPSA) is 55.4 Å². The lowest BCUT2D eigenvalue weighted by molar-refractivity contribution is -0.137. The highest BCUT2D eigenvalue weighted by Crippen LogP contribution is 2.29. The lowest BCUT2D eigenvalue weighted by Gasteiger charge is -2.09. The Hall–Kier alpha value is -2.83. The number of ether oxygens (including phenoxy) is 1. The highest BCUT2D eigenvalue weighted by atomic mass is 19.4. The number of amides is 1. The molecular formula is C16H12F3NO3.